The van der Waals surface area contributed by atoms with E-state index >= 15 is 0 Å². The summed E-state index contributed by atoms with van der Waals surface area (Å²) in [6, 6.07) is 21.9. The Morgan fingerprint density at radius 1 is 0.973 bits per heavy atom. The molecule has 5 aromatic rings. The van der Waals surface area contributed by atoms with Gasteiger partial charge in [0.05, 0.1) is 53.0 Å². The van der Waals surface area contributed by atoms with Crippen molar-refractivity contribution < 1.29 is 37.1 Å². The number of hydrogen-bond donors (Lipinski definition) is 3. The van der Waals surface area contributed by atoms with E-state index in [2.05, 4.69) is 67.8 Å². The first-order chi connectivity index (χ1) is 35.8. The maximum Gasteiger partial charge on any atom is 0.297 e. The number of likely N-dealkylation sites (tertiary alicyclic amines) is 2. The molecule has 390 valence electrons. The lowest BCUT2D eigenvalue weighted by Crippen LogP contribution is -2.55. The Bertz CT molecular complexity index is 3120. The number of fused-ring (bicyclic) bond motifs is 6. The highest BCUT2D eigenvalue weighted by atomic mass is 32.2. The predicted molar refractivity (Wildman–Crippen MR) is 279 cm³/mol. The monoisotopic (exact) mass is 1030 g/mol. The van der Waals surface area contributed by atoms with Crippen LogP contribution in [-0.4, -0.2) is 135 Å². The topological polar surface area (TPSA) is 197 Å². The number of morpholine rings is 1. The molecule has 5 saturated heterocycles. The average molecular weight is 1030 g/mol. The third-order valence-electron chi connectivity index (χ3n) is 17.7. The highest BCUT2D eigenvalue weighted by Gasteiger charge is 2.50. The number of sulfonamides is 1. The molecule has 13 rings (SSSR count). The first kappa shape index (κ1) is 47.7. The third-order valence-corrected chi connectivity index (χ3v) is 19.0. The molecular formula is C55H65N9O9S. The zero-order valence-electron chi connectivity index (χ0n) is 42.0. The predicted octanol–water partition coefficient (Wildman–Crippen LogP) is 7.88. The van der Waals surface area contributed by atoms with Gasteiger partial charge in [0.1, 0.15) is 24.0 Å². The van der Waals surface area contributed by atoms with Crippen molar-refractivity contribution in [1.29, 1.82) is 0 Å². The SMILES string of the molecule is CC(C)c1ccccc1[C@@H]1CCCN1C1CC2(CCN(c3ccc(C(=O)NS(=O)(=O)c4cc5c(c([N+](=O)[O-])c4)N[C@@H](CN4C[C@H]6C[C@@H]4CO6)CO5)c(N4C[C@@H]5COCC[C@H]5Oc5nc6[nH]ccc6cc54)c3)CC2)C1. The highest BCUT2D eigenvalue weighted by molar-refractivity contribution is 7.90. The van der Waals surface area contributed by atoms with Crippen LogP contribution >= 0.6 is 0 Å². The van der Waals surface area contributed by atoms with Crippen molar-refractivity contribution in [2.75, 3.05) is 80.8 Å². The number of piperidine rings is 1. The Morgan fingerprint density at radius 3 is 2.62 bits per heavy atom. The van der Waals surface area contributed by atoms with Crippen molar-refractivity contribution >= 4 is 55.4 Å². The van der Waals surface area contributed by atoms with Gasteiger partial charge in [0.15, 0.2) is 11.4 Å². The fourth-order valence-electron chi connectivity index (χ4n) is 13.8. The van der Waals surface area contributed by atoms with Crippen molar-refractivity contribution in [2.24, 2.45) is 11.3 Å². The molecule has 9 heterocycles. The molecule has 18 nitrogen and oxygen atoms in total. The molecule has 1 saturated carbocycles. The van der Waals surface area contributed by atoms with Gasteiger partial charge in [-0.2, -0.15) is 4.98 Å². The van der Waals surface area contributed by atoms with E-state index in [1.165, 1.54) is 42.9 Å². The van der Waals surface area contributed by atoms with Crippen molar-refractivity contribution in [3.05, 3.63) is 99.7 Å². The summed E-state index contributed by atoms with van der Waals surface area (Å²) in [5.74, 6) is -0.0614. The number of nitrogens with zero attached hydrogens (tertiary/aromatic N) is 6. The van der Waals surface area contributed by atoms with Gasteiger partial charge in [-0.05, 0) is 104 Å². The summed E-state index contributed by atoms with van der Waals surface area (Å²) in [5.41, 5.74) is 5.72. The smallest absolute Gasteiger partial charge is 0.297 e. The molecule has 3 aromatic carbocycles. The number of aromatic nitrogens is 2. The first-order valence-electron chi connectivity index (χ1n) is 26.7. The number of hydrogen-bond acceptors (Lipinski definition) is 15. The molecule has 8 aliphatic rings. The van der Waals surface area contributed by atoms with Crippen LogP contribution in [0.5, 0.6) is 11.6 Å². The summed E-state index contributed by atoms with van der Waals surface area (Å²) in [5, 5.41) is 16.7. The lowest BCUT2D eigenvalue weighted by molar-refractivity contribution is -0.384. The zero-order valence-corrected chi connectivity index (χ0v) is 42.9. The van der Waals surface area contributed by atoms with Gasteiger partial charge in [0, 0.05) is 92.6 Å². The molecule has 6 fully saturated rings. The Labute approximate surface area is 431 Å². The molecule has 3 N–H and O–H groups in total. The molecule has 74 heavy (non-hydrogen) atoms. The fraction of sp³-hybridized carbons (Fsp3) is 0.527. The van der Waals surface area contributed by atoms with Gasteiger partial charge >= 0.3 is 0 Å². The number of rotatable bonds is 11. The van der Waals surface area contributed by atoms with E-state index in [-0.39, 0.29) is 53.2 Å². The van der Waals surface area contributed by atoms with E-state index in [9.17, 15) is 23.3 Å². The number of ether oxygens (including phenoxy) is 4. The summed E-state index contributed by atoms with van der Waals surface area (Å²) in [6.07, 6.45) is 10.4. The molecule has 2 bridgehead atoms. The molecule has 1 spiro atoms. The fourth-order valence-corrected chi connectivity index (χ4v) is 14.8. The minimum atomic E-state index is -4.69. The van der Waals surface area contributed by atoms with E-state index in [0.717, 1.165) is 62.6 Å². The van der Waals surface area contributed by atoms with Gasteiger partial charge in [0.25, 0.3) is 21.6 Å². The minimum absolute atomic E-state index is 0.0296. The summed E-state index contributed by atoms with van der Waals surface area (Å²) in [7, 11) is -4.69. The highest BCUT2D eigenvalue weighted by Crippen LogP contribution is 2.55. The van der Waals surface area contributed by atoms with E-state index < -0.39 is 31.4 Å². The molecule has 0 unspecified atom stereocenters. The van der Waals surface area contributed by atoms with E-state index in [1.807, 2.05) is 35.4 Å². The maximum absolute atomic E-state index is 14.8. The molecule has 1 aliphatic carbocycles. The average Bonchev–Trinajstić information content (AvgIpc) is 4.23. The molecule has 19 heteroatoms. The van der Waals surface area contributed by atoms with E-state index in [4.69, 9.17) is 23.9 Å². The quantitative estimate of drug-likeness (QED) is 0.0853. The lowest BCUT2D eigenvalue weighted by atomic mass is 9.59. The maximum atomic E-state index is 14.8. The summed E-state index contributed by atoms with van der Waals surface area (Å²) in [4.78, 5) is 44.0. The Balaban J connectivity index is 0.785. The second-order valence-electron chi connectivity index (χ2n) is 22.5. The summed E-state index contributed by atoms with van der Waals surface area (Å²) >= 11 is 0. The van der Waals surface area contributed by atoms with Gasteiger partial charge in [-0.25, -0.2) is 13.1 Å². The van der Waals surface area contributed by atoms with Crippen LogP contribution < -0.4 is 29.3 Å². The van der Waals surface area contributed by atoms with Crippen LogP contribution in [0.2, 0.25) is 0 Å². The lowest BCUT2D eigenvalue weighted by Gasteiger charge is -2.56. The number of nitrogens with one attached hydrogen (secondary N) is 3. The Kier molecular flexibility index (Phi) is 12.0. The van der Waals surface area contributed by atoms with Crippen LogP contribution in [-0.2, 0) is 19.5 Å². The van der Waals surface area contributed by atoms with Crippen LogP contribution in [0.1, 0.15) is 98.7 Å². The summed E-state index contributed by atoms with van der Waals surface area (Å²) in [6.45, 7) is 11.0. The number of carbonyl (C=O) groups is 1. The van der Waals surface area contributed by atoms with Crippen LogP contribution in [0.25, 0.3) is 11.0 Å². The number of amides is 1. The summed E-state index contributed by atoms with van der Waals surface area (Å²) < 4.78 is 55.7. The zero-order chi connectivity index (χ0) is 50.5. The molecule has 6 atom stereocenters. The van der Waals surface area contributed by atoms with Crippen molar-refractivity contribution in [3.63, 3.8) is 0 Å². The van der Waals surface area contributed by atoms with Crippen LogP contribution in [0.4, 0.5) is 28.4 Å². The molecule has 7 aliphatic heterocycles. The van der Waals surface area contributed by atoms with Gasteiger partial charge in [-0.1, -0.05) is 38.1 Å². The number of H-pyrrole nitrogens is 1. The van der Waals surface area contributed by atoms with Crippen LogP contribution in [0.15, 0.2) is 77.8 Å². The van der Waals surface area contributed by atoms with Crippen molar-refractivity contribution in [1.82, 2.24) is 24.5 Å². The normalized spacial score (nSPS) is 26.7. The second kappa shape index (κ2) is 18.7. The number of aromatic amines is 1. The van der Waals surface area contributed by atoms with Gasteiger partial charge in [-0.15, -0.1) is 0 Å². The van der Waals surface area contributed by atoms with Crippen LogP contribution in [0, 0.1) is 21.4 Å². The number of anilines is 4. The molecule has 0 radical (unpaired) electrons. The number of nitro groups is 1. The Hall–Kier alpha value is -5.99. The number of carbonyl (C=O) groups excluding carboxylic acids is 1. The van der Waals surface area contributed by atoms with E-state index in [0.29, 0.717) is 86.3 Å². The minimum Gasteiger partial charge on any atom is -0.489 e. The molecule has 1 amide bonds. The van der Waals surface area contributed by atoms with Gasteiger partial charge in [0.2, 0.25) is 5.88 Å². The number of pyridine rings is 1. The number of benzene rings is 3. The Morgan fingerprint density at radius 2 is 1.82 bits per heavy atom. The van der Waals surface area contributed by atoms with Crippen molar-refractivity contribution in [2.45, 2.75) is 112 Å². The second-order valence-corrected chi connectivity index (χ2v) is 24.2. The van der Waals surface area contributed by atoms with Crippen molar-refractivity contribution in [3.8, 4) is 11.6 Å². The van der Waals surface area contributed by atoms with E-state index in [1.54, 1.807) is 6.07 Å². The largest absolute Gasteiger partial charge is 0.489 e. The van der Waals surface area contributed by atoms with Gasteiger partial charge in [-0.3, -0.25) is 24.7 Å². The molecular weight excluding hydrogens is 963 g/mol. The van der Waals surface area contributed by atoms with Gasteiger partial charge < -0.3 is 39.0 Å². The first-order valence-corrected chi connectivity index (χ1v) is 28.2. The number of nitro benzene ring substituents is 1. The third kappa shape index (κ3) is 8.61. The molecule has 2 aromatic heterocycles. The standard InChI is InChI=1S/C55H65N9O9S/c1-33(2)42-6-3-4-7-43(42)45-8-5-16-62(45)39-25-55(26-39)13-17-60(18-14-55)37-9-10-44(46(22-37)63-27-35-30-70-19-12-49(35)73-54-48(63)20-34-11-15-56-52(34)58-54)53(65)59-74(68,69)41-23-47(64(66)67)51-50(24-41)72-31-36(57-51)28-61-29-40-21-38(61)32-71-40/h3-4,6-7,9-11,15,20,22-24,33,35-36,38-40,45,49,57H,5,8,12-14,16-19,21,25-32H2,1-2H3,(H,56,58)(H,59,65)/t35-,36+,38-,40-,45+,49-/m1/s1. The van der Waals surface area contributed by atoms with Crippen LogP contribution in [0.3, 0.4) is 0 Å².